The first-order chi connectivity index (χ1) is 11.4. The number of hydrogen-bond acceptors (Lipinski definition) is 1. The summed E-state index contributed by atoms with van der Waals surface area (Å²) in [7, 11) is 0. The first-order valence-electron chi connectivity index (χ1n) is 7.70. The van der Waals surface area contributed by atoms with Crippen LogP contribution >= 0.6 is 0 Å². The van der Waals surface area contributed by atoms with Gasteiger partial charge in [-0.25, -0.2) is 13.2 Å². The standard InChI is InChI=1S/C18H19F3N2O/c1-11(2)18(12-3-5-13(19)6-4-12)22-10-17(24)23-16-8-7-14(20)9-15(16)21/h3-9,11,18,22H,10H2,1-2H3,(H,23,24)/p+1/t18-/m1/s1. The summed E-state index contributed by atoms with van der Waals surface area (Å²) in [5.74, 6) is -2.01. The molecule has 2 aromatic carbocycles. The molecule has 0 aromatic heterocycles. The second-order valence-corrected chi connectivity index (χ2v) is 5.93. The lowest BCUT2D eigenvalue weighted by Gasteiger charge is -2.19. The van der Waals surface area contributed by atoms with Crippen LogP contribution in [-0.2, 0) is 4.79 Å². The smallest absolute Gasteiger partial charge is 0.279 e. The van der Waals surface area contributed by atoms with Crippen molar-refractivity contribution >= 4 is 11.6 Å². The molecule has 2 aromatic rings. The zero-order chi connectivity index (χ0) is 17.7. The van der Waals surface area contributed by atoms with E-state index in [1.54, 1.807) is 12.1 Å². The Labute approximate surface area is 138 Å². The van der Waals surface area contributed by atoms with E-state index in [1.165, 1.54) is 18.2 Å². The lowest BCUT2D eigenvalue weighted by atomic mass is 9.96. The molecule has 3 nitrogen and oxygen atoms in total. The molecule has 0 heterocycles. The highest BCUT2D eigenvalue weighted by Gasteiger charge is 2.21. The Hall–Kier alpha value is -2.34. The number of hydrogen-bond donors (Lipinski definition) is 2. The van der Waals surface area contributed by atoms with E-state index in [1.807, 2.05) is 19.2 Å². The predicted molar refractivity (Wildman–Crippen MR) is 85.8 cm³/mol. The number of halogens is 3. The number of anilines is 1. The third-order valence-electron chi connectivity index (χ3n) is 3.74. The van der Waals surface area contributed by atoms with E-state index >= 15 is 0 Å². The van der Waals surface area contributed by atoms with Gasteiger partial charge >= 0.3 is 0 Å². The van der Waals surface area contributed by atoms with Crippen molar-refractivity contribution in [3.63, 3.8) is 0 Å². The van der Waals surface area contributed by atoms with Crippen molar-refractivity contribution < 1.29 is 23.3 Å². The van der Waals surface area contributed by atoms with Crippen molar-refractivity contribution in [2.45, 2.75) is 19.9 Å². The first-order valence-corrected chi connectivity index (χ1v) is 7.70. The third kappa shape index (κ3) is 4.83. The van der Waals surface area contributed by atoms with Gasteiger partial charge in [0.05, 0.1) is 5.69 Å². The first kappa shape index (κ1) is 18.0. The largest absolute Gasteiger partial charge is 0.332 e. The maximum atomic E-state index is 13.5. The van der Waals surface area contributed by atoms with Crippen molar-refractivity contribution in [1.29, 1.82) is 0 Å². The summed E-state index contributed by atoms with van der Waals surface area (Å²) in [6.07, 6.45) is 0. The van der Waals surface area contributed by atoms with Crippen LogP contribution in [0.4, 0.5) is 18.9 Å². The van der Waals surface area contributed by atoms with Gasteiger partial charge in [-0.1, -0.05) is 26.0 Å². The monoisotopic (exact) mass is 337 g/mol. The summed E-state index contributed by atoms with van der Waals surface area (Å²) in [5, 5.41) is 4.23. The minimum absolute atomic E-state index is 0.0329. The number of carbonyl (C=O) groups is 1. The van der Waals surface area contributed by atoms with Crippen LogP contribution < -0.4 is 10.6 Å². The molecule has 0 fully saturated rings. The Morgan fingerprint density at radius 2 is 1.67 bits per heavy atom. The van der Waals surface area contributed by atoms with Crippen LogP contribution in [0, 0.1) is 23.4 Å². The van der Waals surface area contributed by atoms with Gasteiger partial charge in [-0.3, -0.25) is 4.79 Å². The molecule has 0 aliphatic rings. The molecule has 2 rings (SSSR count). The SMILES string of the molecule is CC(C)[C@@H]([NH2+]CC(=O)Nc1ccc(F)cc1F)c1ccc(F)cc1. The van der Waals surface area contributed by atoms with Gasteiger partial charge in [0.2, 0.25) is 0 Å². The van der Waals surface area contributed by atoms with Gasteiger partial charge in [-0.2, -0.15) is 0 Å². The van der Waals surface area contributed by atoms with E-state index < -0.39 is 17.5 Å². The third-order valence-corrected chi connectivity index (χ3v) is 3.74. The fourth-order valence-corrected chi connectivity index (χ4v) is 2.50. The Morgan fingerprint density at radius 3 is 2.25 bits per heavy atom. The van der Waals surface area contributed by atoms with Crippen LogP contribution in [-0.4, -0.2) is 12.5 Å². The molecule has 0 radical (unpaired) electrons. The van der Waals surface area contributed by atoms with E-state index in [0.717, 1.165) is 17.7 Å². The fourth-order valence-electron chi connectivity index (χ4n) is 2.50. The summed E-state index contributed by atoms with van der Waals surface area (Å²) >= 11 is 0. The summed E-state index contributed by atoms with van der Waals surface area (Å²) in [6, 6.07) is 9.09. The molecule has 0 spiro atoms. The molecule has 0 saturated carbocycles. The molecule has 0 aliphatic carbocycles. The number of amides is 1. The number of quaternary nitrogens is 1. The van der Waals surface area contributed by atoms with Crippen molar-refractivity contribution in [2.75, 3.05) is 11.9 Å². The predicted octanol–water partition coefficient (Wildman–Crippen LogP) is 3.00. The Bertz CT molecular complexity index is 702. The van der Waals surface area contributed by atoms with Crippen molar-refractivity contribution in [3.05, 3.63) is 65.5 Å². The van der Waals surface area contributed by atoms with Gasteiger partial charge < -0.3 is 10.6 Å². The maximum Gasteiger partial charge on any atom is 0.279 e. The van der Waals surface area contributed by atoms with Crippen LogP contribution in [0.5, 0.6) is 0 Å². The molecule has 1 atom stereocenters. The molecule has 0 saturated heterocycles. The van der Waals surface area contributed by atoms with Crippen LogP contribution in [0.25, 0.3) is 0 Å². The second kappa shape index (κ2) is 7.97. The quantitative estimate of drug-likeness (QED) is 0.836. The molecule has 0 bridgehead atoms. The summed E-state index contributed by atoms with van der Waals surface area (Å²) < 4.78 is 39.4. The molecular weight excluding hydrogens is 317 g/mol. The number of carbonyl (C=O) groups excluding carboxylic acids is 1. The molecule has 1 amide bonds. The Balaban J connectivity index is 1.98. The molecule has 3 N–H and O–H groups in total. The van der Waals surface area contributed by atoms with Crippen LogP contribution in [0.1, 0.15) is 25.5 Å². The minimum Gasteiger partial charge on any atom is -0.332 e. The average molecular weight is 337 g/mol. The van der Waals surface area contributed by atoms with Crippen molar-refractivity contribution in [1.82, 2.24) is 0 Å². The molecule has 24 heavy (non-hydrogen) atoms. The van der Waals surface area contributed by atoms with Gasteiger partial charge in [0.15, 0.2) is 6.54 Å². The molecule has 0 aliphatic heterocycles. The van der Waals surface area contributed by atoms with Gasteiger partial charge in [0.1, 0.15) is 23.5 Å². The van der Waals surface area contributed by atoms with Crippen molar-refractivity contribution in [2.24, 2.45) is 5.92 Å². The van der Waals surface area contributed by atoms with E-state index in [-0.39, 0.29) is 30.0 Å². The van der Waals surface area contributed by atoms with Crippen LogP contribution in [0.15, 0.2) is 42.5 Å². The van der Waals surface area contributed by atoms with Gasteiger partial charge in [0, 0.05) is 17.5 Å². The fraction of sp³-hybridized carbons (Fsp3) is 0.278. The van der Waals surface area contributed by atoms with Crippen LogP contribution in [0.2, 0.25) is 0 Å². The normalized spacial score (nSPS) is 12.2. The highest BCUT2D eigenvalue weighted by atomic mass is 19.1. The lowest BCUT2D eigenvalue weighted by molar-refractivity contribution is -0.692. The van der Waals surface area contributed by atoms with E-state index in [2.05, 4.69) is 5.32 Å². The highest BCUT2D eigenvalue weighted by molar-refractivity contribution is 5.91. The minimum atomic E-state index is -0.817. The molecule has 128 valence electrons. The van der Waals surface area contributed by atoms with Crippen molar-refractivity contribution in [3.8, 4) is 0 Å². The Morgan fingerprint density at radius 1 is 1.04 bits per heavy atom. The number of benzene rings is 2. The maximum absolute atomic E-state index is 13.5. The van der Waals surface area contributed by atoms with E-state index in [0.29, 0.717) is 0 Å². The van der Waals surface area contributed by atoms with E-state index in [9.17, 15) is 18.0 Å². The van der Waals surface area contributed by atoms with Gasteiger partial charge in [-0.05, 0) is 24.3 Å². The number of nitrogens with one attached hydrogen (secondary N) is 1. The van der Waals surface area contributed by atoms with Crippen LogP contribution in [0.3, 0.4) is 0 Å². The zero-order valence-electron chi connectivity index (χ0n) is 13.5. The van der Waals surface area contributed by atoms with Gasteiger partial charge in [-0.15, -0.1) is 0 Å². The zero-order valence-corrected chi connectivity index (χ0v) is 13.5. The molecule has 0 unspecified atom stereocenters. The molecule has 6 heteroatoms. The van der Waals surface area contributed by atoms with Gasteiger partial charge in [0.25, 0.3) is 5.91 Å². The summed E-state index contributed by atoms with van der Waals surface area (Å²) in [5.41, 5.74) is 0.852. The number of rotatable bonds is 6. The summed E-state index contributed by atoms with van der Waals surface area (Å²) in [4.78, 5) is 12.0. The Kier molecular flexibility index (Phi) is 5.98. The molecular formula is C18H20F3N2O+. The number of nitrogens with two attached hydrogens (primary N) is 1. The lowest BCUT2D eigenvalue weighted by Crippen LogP contribution is -2.88. The second-order valence-electron chi connectivity index (χ2n) is 5.93. The summed E-state index contributed by atoms with van der Waals surface area (Å²) in [6.45, 7) is 4.07. The highest BCUT2D eigenvalue weighted by Crippen LogP contribution is 2.18. The average Bonchev–Trinajstić information content (AvgIpc) is 2.52. The topological polar surface area (TPSA) is 45.7 Å². The van der Waals surface area contributed by atoms with E-state index in [4.69, 9.17) is 0 Å².